The molecule has 2 aromatic carbocycles. The number of nitriles is 1. The highest BCUT2D eigenvalue weighted by Gasteiger charge is 1.99. The Bertz CT molecular complexity index is 873. The molecular weight excluding hydrogens is 304 g/mol. The van der Waals surface area contributed by atoms with Gasteiger partial charge < -0.3 is 0 Å². The van der Waals surface area contributed by atoms with Crippen LogP contribution in [0.5, 0.6) is 0 Å². The zero-order valence-electron chi connectivity index (χ0n) is 12.5. The monoisotopic (exact) mass is 318 g/mol. The molecule has 23 heavy (non-hydrogen) atoms. The summed E-state index contributed by atoms with van der Waals surface area (Å²) in [5.74, 6) is 0. The third kappa shape index (κ3) is 3.82. The molecule has 0 radical (unpaired) electrons. The summed E-state index contributed by atoms with van der Waals surface area (Å²) in [4.78, 5) is 4.28. The number of aryl methyl sites for hydroxylation is 1. The maximum absolute atomic E-state index is 8.97. The van der Waals surface area contributed by atoms with Crippen molar-refractivity contribution < 1.29 is 0 Å². The van der Waals surface area contributed by atoms with Crippen LogP contribution in [0.15, 0.2) is 59.0 Å². The van der Waals surface area contributed by atoms with Gasteiger partial charge in [-0.15, -0.1) is 11.3 Å². The molecule has 5 heteroatoms. The Hall–Kier alpha value is -2.97. The minimum absolute atomic E-state index is 0.663. The molecule has 1 N–H and O–H groups in total. The van der Waals surface area contributed by atoms with Crippen LogP contribution >= 0.6 is 11.3 Å². The molecule has 0 saturated heterocycles. The molecule has 0 atom stereocenters. The Morgan fingerprint density at radius 3 is 2.70 bits per heavy atom. The van der Waals surface area contributed by atoms with E-state index >= 15 is 0 Å². The molecule has 0 aliphatic heterocycles. The van der Waals surface area contributed by atoms with Gasteiger partial charge in [0.2, 0.25) is 5.13 Å². The lowest BCUT2D eigenvalue weighted by atomic mass is 10.0. The molecule has 0 amide bonds. The molecule has 112 valence electrons. The molecule has 1 aromatic heterocycles. The van der Waals surface area contributed by atoms with Crippen LogP contribution in [0, 0.1) is 18.3 Å². The molecule has 3 rings (SSSR count). The molecule has 3 aromatic rings. The highest BCUT2D eigenvalue weighted by Crippen LogP contribution is 2.20. The summed E-state index contributed by atoms with van der Waals surface area (Å²) in [5.41, 5.74) is 7.66. The van der Waals surface area contributed by atoms with Crippen LogP contribution in [-0.4, -0.2) is 11.2 Å². The van der Waals surface area contributed by atoms with E-state index in [1.165, 1.54) is 11.3 Å². The smallest absolute Gasteiger partial charge is 0.203 e. The normalized spacial score (nSPS) is 10.6. The van der Waals surface area contributed by atoms with Gasteiger partial charge in [-0.2, -0.15) is 10.4 Å². The van der Waals surface area contributed by atoms with Crippen LogP contribution < -0.4 is 5.43 Å². The van der Waals surface area contributed by atoms with Crippen molar-refractivity contribution in [2.24, 2.45) is 5.10 Å². The van der Waals surface area contributed by atoms with Gasteiger partial charge in [-0.25, -0.2) is 4.98 Å². The number of thiazole rings is 1. The van der Waals surface area contributed by atoms with Crippen molar-refractivity contribution in [1.82, 2.24) is 4.98 Å². The van der Waals surface area contributed by atoms with Crippen LogP contribution in [0.3, 0.4) is 0 Å². The van der Waals surface area contributed by atoms with Gasteiger partial charge in [-0.3, -0.25) is 5.43 Å². The van der Waals surface area contributed by atoms with E-state index in [0.29, 0.717) is 5.56 Å². The predicted molar refractivity (Wildman–Crippen MR) is 94.7 cm³/mol. The summed E-state index contributed by atoms with van der Waals surface area (Å²) < 4.78 is 0. The number of anilines is 1. The second-order valence-corrected chi connectivity index (χ2v) is 5.84. The van der Waals surface area contributed by atoms with E-state index in [4.69, 9.17) is 5.26 Å². The molecule has 0 fully saturated rings. The van der Waals surface area contributed by atoms with E-state index in [0.717, 1.165) is 27.5 Å². The third-order valence-corrected chi connectivity index (χ3v) is 4.09. The fourth-order valence-electron chi connectivity index (χ4n) is 2.10. The van der Waals surface area contributed by atoms with Gasteiger partial charge in [0.1, 0.15) is 0 Å². The van der Waals surface area contributed by atoms with Crippen molar-refractivity contribution in [2.45, 2.75) is 6.92 Å². The predicted octanol–water partition coefficient (Wildman–Crippen LogP) is 4.44. The quantitative estimate of drug-likeness (QED) is 0.571. The first-order valence-electron chi connectivity index (χ1n) is 7.06. The molecule has 0 aliphatic carbocycles. The van der Waals surface area contributed by atoms with Crippen molar-refractivity contribution in [3.8, 4) is 17.2 Å². The van der Waals surface area contributed by atoms with Crippen molar-refractivity contribution in [2.75, 3.05) is 5.43 Å². The summed E-state index contributed by atoms with van der Waals surface area (Å²) in [6.45, 7) is 1.95. The second-order valence-electron chi connectivity index (χ2n) is 4.98. The highest BCUT2D eigenvalue weighted by molar-refractivity contribution is 7.13. The Morgan fingerprint density at radius 1 is 1.17 bits per heavy atom. The molecular formula is C18H14N4S. The highest BCUT2D eigenvalue weighted by atomic mass is 32.1. The zero-order valence-corrected chi connectivity index (χ0v) is 13.3. The van der Waals surface area contributed by atoms with Crippen molar-refractivity contribution in [1.29, 1.82) is 5.26 Å². The number of hydrogen-bond acceptors (Lipinski definition) is 5. The summed E-state index contributed by atoms with van der Waals surface area (Å²) >= 11 is 1.53. The van der Waals surface area contributed by atoms with Crippen molar-refractivity contribution >= 4 is 22.7 Å². The van der Waals surface area contributed by atoms with Gasteiger partial charge in [-0.05, 0) is 35.7 Å². The lowest BCUT2D eigenvalue weighted by molar-refractivity contribution is 1.22. The first kappa shape index (κ1) is 14.9. The second kappa shape index (κ2) is 6.86. The molecule has 1 heterocycles. The first-order valence-corrected chi connectivity index (χ1v) is 7.94. The van der Waals surface area contributed by atoms with Gasteiger partial charge in [0.25, 0.3) is 0 Å². The average Bonchev–Trinajstić information content (AvgIpc) is 3.01. The summed E-state index contributed by atoms with van der Waals surface area (Å²) in [6.07, 6.45) is 1.76. The number of rotatable bonds is 4. The molecule has 0 bridgehead atoms. The molecule has 0 spiro atoms. The van der Waals surface area contributed by atoms with Gasteiger partial charge in [0.15, 0.2) is 0 Å². The molecule has 4 nitrogen and oxygen atoms in total. The Balaban J connectivity index is 1.70. The van der Waals surface area contributed by atoms with Crippen LogP contribution in [0.4, 0.5) is 5.13 Å². The number of hydrogen-bond donors (Lipinski definition) is 1. The SMILES string of the molecule is Cc1csc(NN=Cc2ccc(-c3cccc(C#N)c3)cc2)n1. The third-order valence-electron chi connectivity index (χ3n) is 3.23. The Labute approximate surface area is 138 Å². The first-order chi connectivity index (χ1) is 11.2. The van der Waals surface area contributed by atoms with Gasteiger partial charge in [-0.1, -0.05) is 36.4 Å². The van der Waals surface area contributed by atoms with E-state index < -0.39 is 0 Å². The number of aromatic nitrogens is 1. The summed E-state index contributed by atoms with van der Waals surface area (Å²) in [7, 11) is 0. The summed E-state index contributed by atoms with van der Waals surface area (Å²) in [6, 6.07) is 17.8. The van der Waals surface area contributed by atoms with Gasteiger partial charge >= 0.3 is 0 Å². The van der Waals surface area contributed by atoms with Crippen LogP contribution in [0.1, 0.15) is 16.8 Å². The number of nitrogens with one attached hydrogen (secondary N) is 1. The van der Waals surface area contributed by atoms with E-state index in [2.05, 4.69) is 21.6 Å². The molecule has 0 unspecified atom stereocenters. The van der Waals surface area contributed by atoms with Gasteiger partial charge in [0.05, 0.1) is 23.5 Å². The van der Waals surface area contributed by atoms with E-state index in [1.54, 1.807) is 12.3 Å². The topological polar surface area (TPSA) is 61.1 Å². The maximum atomic E-state index is 8.97. The number of nitrogens with zero attached hydrogens (tertiary/aromatic N) is 3. The Kier molecular flexibility index (Phi) is 4.46. The average molecular weight is 318 g/mol. The standard InChI is InChI=1S/C18H14N4S/c1-13-12-23-18(21-13)22-20-11-14-5-7-16(8-6-14)17-4-2-3-15(9-17)10-19/h2-9,11-12H,1H3,(H,21,22). The number of benzene rings is 2. The van der Waals surface area contributed by atoms with Gasteiger partial charge in [0, 0.05) is 5.38 Å². The molecule has 0 saturated carbocycles. The lowest BCUT2D eigenvalue weighted by Gasteiger charge is -2.02. The maximum Gasteiger partial charge on any atom is 0.203 e. The fourth-order valence-corrected chi connectivity index (χ4v) is 2.73. The number of hydrazone groups is 1. The Morgan fingerprint density at radius 2 is 2.00 bits per heavy atom. The van der Waals surface area contributed by atoms with E-state index in [-0.39, 0.29) is 0 Å². The van der Waals surface area contributed by atoms with E-state index in [9.17, 15) is 0 Å². The fraction of sp³-hybridized carbons (Fsp3) is 0.0556. The minimum Gasteiger partial charge on any atom is -0.253 e. The zero-order chi connectivity index (χ0) is 16.1. The lowest BCUT2D eigenvalue weighted by Crippen LogP contribution is -1.90. The van der Waals surface area contributed by atoms with Crippen LogP contribution in [0.2, 0.25) is 0 Å². The minimum atomic E-state index is 0.663. The molecule has 0 aliphatic rings. The van der Waals surface area contributed by atoms with Crippen LogP contribution in [-0.2, 0) is 0 Å². The van der Waals surface area contributed by atoms with Crippen molar-refractivity contribution in [3.63, 3.8) is 0 Å². The van der Waals surface area contributed by atoms with Crippen molar-refractivity contribution in [3.05, 3.63) is 70.7 Å². The largest absolute Gasteiger partial charge is 0.253 e. The van der Waals surface area contributed by atoms with E-state index in [1.807, 2.05) is 54.8 Å². The summed E-state index contributed by atoms with van der Waals surface area (Å²) in [5, 5.41) is 15.9. The van der Waals surface area contributed by atoms with Crippen LogP contribution in [0.25, 0.3) is 11.1 Å².